The summed E-state index contributed by atoms with van der Waals surface area (Å²) in [6, 6.07) is 1.01. The first kappa shape index (κ1) is 9.47. The molecular weight excluding hydrogens is 152 g/mol. The standard InChI is InChI=1S/C6H13ClOSi/c1-2-3-5-8-9-6-4-7/h2-6H2,1H3. The van der Waals surface area contributed by atoms with E-state index >= 15 is 0 Å². The van der Waals surface area contributed by atoms with Crippen LogP contribution in [-0.2, 0) is 4.43 Å². The third-order valence-electron chi connectivity index (χ3n) is 0.899. The summed E-state index contributed by atoms with van der Waals surface area (Å²) in [5.74, 6) is 0.727. The Bertz CT molecular complexity index is 46.3. The maximum absolute atomic E-state index is 5.44. The molecule has 0 rings (SSSR count). The number of unbranched alkanes of at least 4 members (excludes halogenated alkanes) is 1. The molecule has 0 atom stereocenters. The van der Waals surface area contributed by atoms with Crippen molar-refractivity contribution < 1.29 is 4.43 Å². The highest BCUT2D eigenvalue weighted by molar-refractivity contribution is 6.31. The van der Waals surface area contributed by atoms with Gasteiger partial charge < -0.3 is 4.43 Å². The molecule has 0 spiro atoms. The summed E-state index contributed by atoms with van der Waals surface area (Å²) in [6.45, 7) is 3.07. The fourth-order valence-corrected chi connectivity index (χ4v) is 1.14. The first-order valence-corrected chi connectivity index (χ1v) is 4.97. The molecule has 0 N–H and O–H groups in total. The van der Waals surface area contributed by atoms with Crippen LogP contribution in [0.3, 0.4) is 0 Å². The molecule has 3 heteroatoms. The van der Waals surface area contributed by atoms with Crippen LogP contribution in [0.5, 0.6) is 0 Å². The Morgan fingerprint density at radius 1 is 1.56 bits per heavy atom. The normalized spacial score (nSPS) is 10.0. The quantitative estimate of drug-likeness (QED) is 0.332. The molecule has 0 aromatic carbocycles. The molecule has 0 aromatic rings. The monoisotopic (exact) mass is 164 g/mol. The predicted octanol–water partition coefficient (Wildman–Crippen LogP) is 2.08. The Morgan fingerprint density at radius 2 is 2.33 bits per heavy atom. The zero-order valence-corrected chi connectivity index (χ0v) is 7.58. The van der Waals surface area contributed by atoms with Gasteiger partial charge in [0.05, 0.1) is 0 Å². The average molecular weight is 165 g/mol. The lowest BCUT2D eigenvalue weighted by molar-refractivity contribution is 0.326. The molecule has 54 valence electrons. The highest BCUT2D eigenvalue weighted by atomic mass is 35.5. The number of halogens is 1. The van der Waals surface area contributed by atoms with Crippen molar-refractivity contribution in [3.05, 3.63) is 0 Å². The van der Waals surface area contributed by atoms with Gasteiger partial charge in [-0.05, 0) is 12.5 Å². The van der Waals surface area contributed by atoms with Crippen LogP contribution in [-0.4, -0.2) is 22.3 Å². The summed E-state index contributed by atoms with van der Waals surface area (Å²) >= 11 is 5.44. The van der Waals surface area contributed by atoms with E-state index in [1.165, 1.54) is 12.8 Å². The van der Waals surface area contributed by atoms with Crippen LogP contribution in [0.4, 0.5) is 0 Å². The summed E-state index contributed by atoms with van der Waals surface area (Å²) in [7, 11) is 0.610. The van der Waals surface area contributed by atoms with Gasteiger partial charge in [-0.3, -0.25) is 0 Å². The third kappa shape index (κ3) is 8.47. The first-order valence-electron chi connectivity index (χ1n) is 3.32. The second-order valence-electron chi connectivity index (χ2n) is 1.79. The maximum atomic E-state index is 5.44. The van der Waals surface area contributed by atoms with E-state index in [9.17, 15) is 0 Å². The van der Waals surface area contributed by atoms with Crippen molar-refractivity contribution in [1.29, 1.82) is 0 Å². The van der Waals surface area contributed by atoms with Crippen LogP contribution in [0.1, 0.15) is 19.8 Å². The second-order valence-corrected chi connectivity index (χ2v) is 3.24. The smallest absolute Gasteiger partial charge is 0.230 e. The van der Waals surface area contributed by atoms with E-state index < -0.39 is 0 Å². The lowest BCUT2D eigenvalue weighted by atomic mass is 10.4. The molecule has 0 aromatic heterocycles. The SMILES string of the molecule is CCCCO[Si]CCCl. The Balaban J connectivity index is 2.60. The van der Waals surface area contributed by atoms with E-state index in [-0.39, 0.29) is 0 Å². The molecule has 0 aliphatic carbocycles. The van der Waals surface area contributed by atoms with Crippen LogP contribution in [0.15, 0.2) is 0 Å². The van der Waals surface area contributed by atoms with Crippen molar-refractivity contribution in [1.82, 2.24) is 0 Å². The highest BCUT2D eigenvalue weighted by Gasteiger charge is 1.88. The van der Waals surface area contributed by atoms with E-state index in [4.69, 9.17) is 16.0 Å². The van der Waals surface area contributed by atoms with Gasteiger partial charge in [0.2, 0.25) is 9.76 Å². The minimum atomic E-state index is 0.610. The first-order chi connectivity index (χ1) is 4.41. The van der Waals surface area contributed by atoms with Crippen molar-refractivity contribution in [2.24, 2.45) is 0 Å². The zero-order chi connectivity index (χ0) is 6.95. The molecule has 9 heavy (non-hydrogen) atoms. The van der Waals surface area contributed by atoms with Crippen LogP contribution >= 0.6 is 11.6 Å². The van der Waals surface area contributed by atoms with Gasteiger partial charge >= 0.3 is 0 Å². The third-order valence-corrected chi connectivity index (χ3v) is 2.27. The van der Waals surface area contributed by atoms with E-state index in [2.05, 4.69) is 6.92 Å². The minimum absolute atomic E-state index is 0.610. The summed E-state index contributed by atoms with van der Waals surface area (Å²) in [6.07, 6.45) is 2.39. The summed E-state index contributed by atoms with van der Waals surface area (Å²) in [4.78, 5) is 0. The van der Waals surface area contributed by atoms with Crippen LogP contribution in [0.2, 0.25) is 6.04 Å². The van der Waals surface area contributed by atoms with Crippen molar-refractivity contribution in [2.75, 3.05) is 12.5 Å². The summed E-state index contributed by atoms with van der Waals surface area (Å²) < 4.78 is 5.26. The Morgan fingerprint density at radius 3 is 2.89 bits per heavy atom. The van der Waals surface area contributed by atoms with Gasteiger partial charge in [-0.2, -0.15) is 0 Å². The van der Waals surface area contributed by atoms with Gasteiger partial charge in [-0.15, -0.1) is 11.6 Å². The van der Waals surface area contributed by atoms with Gasteiger partial charge in [0.1, 0.15) is 0 Å². The highest BCUT2D eigenvalue weighted by Crippen LogP contribution is 1.89. The van der Waals surface area contributed by atoms with Crippen molar-refractivity contribution in [3.63, 3.8) is 0 Å². The Hall–Kier alpha value is 0.467. The minimum Gasteiger partial charge on any atom is -0.417 e. The molecule has 0 heterocycles. The van der Waals surface area contributed by atoms with Gasteiger partial charge in [0, 0.05) is 12.5 Å². The van der Waals surface area contributed by atoms with E-state index in [1.54, 1.807) is 0 Å². The second kappa shape index (κ2) is 8.47. The number of alkyl halides is 1. The van der Waals surface area contributed by atoms with Crippen LogP contribution < -0.4 is 0 Å². The van der Waals surface area contributed by atoms with Crippen LogP contribution in [0.25, 0.3) is 0 Å². The molecule has 0 bridgehead atoms. The number of hydrogen-bond acceptors (Lipinski definition) is 1. The largest absolute Gasteiger partial charge is 0.417 e. The fraction of sp³-hybridized carbons (Fsp3) is 1.00. The predicted molar refractivity (Wildman–Crippen MR) is 42.1 cm³/mol. The van der Waals surface area contributed by atoms with Gasteiger partial charge in [-0.1, -0.05) is 13.3 Å². The topological polar surface area (TPSA) is 9.23 Å². The molecule has 0 amide bonds. The van der Waals surface area contributed by atoms with E-state index in [1.807, 2.05) is 0 Å². The molecule has 0 aliphatic rings. The molecule has 2 radical (unpaired) electrons. The Labute approximate surface area is 64.7 Å². The fourth-order valence-electron chi connectivity index (χ4n) is 0.399. The van der Waals surface area contributed by atoms with Gasteiger partial charge in [0.15, 0.2) is 0 Å². The lowest BCUT2D eigenvalue weighted by Crippen LogP contribution is -1.99. The van der Waals surface area contributed by atoms with Gasteiger partial charge in [-0.25, -0.2) is 0 Å². The Kier molecular flexibility index (Phi) is 8.91. The van der Waals surface area contributed by atoms with E-state index in [0.717, 1.165) is 18.5 Å². The molecule has 1 nitrogen and oxygen atoms in total. The molecular formula is C6H13ClOSi. The molecule has 0 aliphatic heterocycles. The summed E-state index contributed by atoms with van der Waals surface area (Å²) in [5, 5.41) is 0. The van der Waals surface area contributed by atoms with E-state index in [0.29, 0.717) is 9.76 Å². The van der Waals surface area contributed by atoms with Crippen LogP contribution in [0, 0.1) is 0 Å². The molecule has 0 saturated heterocycles. The van der Waals surface area contributed by atoms with Crippen molar-refractivity contribution in [3.8, 4) is 0 Å². The zero-order valence-electron chi connectivity index (χ0n) is 5.82. The summed E-state index contributed by atoms with van der Waals surface area (Å²) in [5.41, 5.74) is 0. The maximum Gasteiger partial charge on any atom is 0.230 e. The number of rotatable bonds is 6. The van der Waals surface area contributed by atoms with Crippen molar-refractivity contribution in [2.45, 2.75) is 25.8 Å². The molecule has 0 fully saturated rings. The molecule has 0 unspecified atom stereocenters. The van der Waals surface area contributed by atoms with Gasteiger partial charge in [0.25, 0.3) is 0 Å². The average Bonchev–Trinajstić information content (AvgIpc) is 1.89. The van der Waals surface area contributed by atoms with Crippen molar-refractivity contribution >= 4 is 21.4 Å². The molecule has 0 saturated carbocycles. The lowest BCUT2D eigenvalue weighted by Gasteiger charge is -1.97. The number of hydrogen-bond donors (Lipinski definition) is 0.